The van der Waals surface area contributed by atoms with Crippen LogP contribution in [0.5, 0.6) is 0 Å². The lowest BCUT2D eigenvalue weighted by Crippen LogP contribution is -1.94. The summed E-state index contributed by atoms with van der Waals surface area (Å²) in [4.78, 5) is 10.9. The average Bonchev–Trinajstić information content (AvgIpc) is 2.92. The highest BCUT2D eigenvalue weighted by Crippen LogP contribution is 2.11. The predicted octanol–water partition coefficient (Wildman–Crippen LogP) is 2.70. The van der Waals surface area contributed by atoms with Gasteiger partial charge in [0.05, 0.1) is 10.1 Å². The van der Waals surface area contributed by atoms with Crippen molar-refractivity contribution in [3.8, 4) is 0 Å². The maximum atomic E-state index is 10.9. The van der Waals surface area contributed by atoms with Crippen LogP contribution in [0.3, 0.4) is 0 Å². The van der Waals surface area contributed by atoms with E-state index in [0.29, 0.717) is 0 Å². The van der Waals surface area contributed by atoms with Gasteiger partial charge in [0.15, 0.2) is 0 Å². The smallest absolute Gasteiger partial charge is 0.265 e. The van der Waals surface area contributed by atoms with Gasteiger partial charge in [-0.15, -0.1) is 0 Å². The Morgan fingerprint density at radius 1 is 1.33 bits per heavy atom. The summed E-state index contributed by atoms with van der Waals surface area (Å²) in [5, 5.41) is 0.785. The summed E-state index contributed by atoms with van der Waals surface area (Å²) in [6, 6.07) is 7.54. The van der Waals surface area contributed by atoms with E-state index in [1.807, 2.05) is 30.5 Å². The first-order valence-electron chi connectivity index (χ1n) is 4.58. The van der Waals surface area contributed by atoms with E-state index in [-0.39, 0.29) is 5.56 Å². The molecule has 78 valence electrons. The highest BCUT2D eigenvalue weighted by Gasteiger charge is 1.96. The summed E-state index contributed by atoms with van der Waals surface area (Å²) < 4.78 is 7.56. The van der Waals surface area contributed by atoms with Gasteiger partial charge in [0.1, 0.15) is 0 Å². The Morgan fingerprint density at radius 3 is 2.80 bits per heavy atom. The predicted molar refractivity (Wildman–Crippen MR) is 68.0 cm³/mol. The van der Waals surface area contributed by atoms with Gasteiger partial charge in [-0.1, -0.05) is 23.7 Å². The Balaban J connectivity index is 0.000000144. The van der Waals surface area contributed by atoms with Crippen LogP contribution in [0, 0.1) is 0 Å². The van der Waals surface area contributed by atoms with E-state index in [1.165, 1.54) is 23.7 Å². The quantitative estimate of drug-likeness (QED) is 0.717. The first-order chi connectivity index (χ1) is 7.38. The zero-order chi connectivity index (χ0) is 10.5. The van der Waals surface area contributed by atoms with Gasteiger partial charge in [0, 0.05) is 12.0 Å². The molecule has 0 fully saturated rings. The summed E-state index contributed by atoms with van der Waals surface area (Å²) in [6.45, 7) is 0. The lowest BCUT2D eigenvalue weighted by Gasteiger charge is -1.79. The monoisotopic (exact) mass is 238 g/mol. The number of benzene rings is 1. The standard InChI is InChI=1S/C7H5NOS.C3H5NS/c9-7-5-3-1-2-4-6(5)10-8-7;1-2-4-5-3-1/h1-4H,(H,8,9);2H,1,3H2. The number of aromatic nitrogens is 1. The van der Waals surface area contributed by atoms with Crippen molar-refractivity contribution in [2.75, 3.05) is 5.75 Å². The van der Waals surface area contributed by atoms with Crippen molar-refractivity contribution in [1.29, 1.82) is 0 Å². The van der Waals surface area contributed by atoms with Crippen LogP contribution in [0.2, 0.25) is 0 Å². The first-order valence-corrected chi connectivity index (χ1v) is 6.34. The van der Waals surface area contributed by atoms with Crippen LogP contribution in [0.1, 0.15) is 6.42 Å². The molecule has 1 N–H and O–H groups in total. The SMILES string of the molecule is C1=NSCC1.O=c1[nH]sc2ccccc12. The number of nitrogens with one attached hydrogen (secondary N) is 1. The zero-order valence-corrected chi connectivity index (χ0v) is 9.61. The first kappa shape index (κ1) is 10.4. The third kappa shape index (κ3) is 2.70. The number of aromatic amines is 1. The summed E-state index contributed by atoms with van der Waals surface area (Å²) >= 11 is 3.02. The maximum Gasteiger partial charge on any atom is 0.265 e. The van der Waals surface area contributed by atoms with Gasteiger partial charge >= 0.3 is 0 Å². The molecule has 0 radical (unpaired) electrons. The second kappa shape index (κ2) is 5.14. The third-order valence-electron chi connectivity index (χ3n) is 1.87. The molecule has 3 rings (SSSR count). The Bertz CT molecular complexity index is 509. The van der Waals surface area contributed by atoms with Gasteiger partial charge in [-0.25, -0.2) is 4.40 Å². The maximum absolute atomic E-state index is 10.9. The van der Waals surface area contributed by atoms with Crippen molar-refractivity contribution in [2.24, 2.45) is 4.40 Å². The van der Waals surface area contributed by atoms with Crippen molar-refractivity contribution in [2.45, 2.75) is 6.42 Å². The molecular formula is C10H10N2OS2. The Labute approximate surface area is 95.5 Å². The molecule has 0 bridgehead atoms. The van der Waals surface area contributed by atoms with Gasteiger partial charge in [-0.3, -0.25) is 9.17 Å². The Kier molecular flexibility index (Phi) is 3.58. The fraction of sp³-hybridized carbons (Fsp3) is 0.200. The summed E-state index contributed by atoms with van der Waals surface area (Å²) in [5.74, 6) is 1.19. The molecule has 2 heterocycles. The van der Waals surface area contributed by atoms with E-state index in [4.69, 9.17) is 0 Å². The second-order valence-electron chi connectivity index (χ2n) is 2.94. The zero-order valence-electron chi connectivity index (χ0n) is 7.97. The van der Waals surface area contributed by atoms with Crippen molar-refractivity contribution >= 4 is 39.8 Å². The molecule has 3 nitrogen and oxygen atoms in total. The molecule has 1 aromatic heterocycles. The number of hydrogen-bond donors (Lipinski definition) is 1. The fourth-order valence-electron chi connectivity index (χ4n) is 1.16. The van der Waals surface area contributed by atoms with E-state index < -0.39 is 0 Å². The summed E-state index contributed by atoms with van der Waals surface area (Å²) in [6.07, 6.45) is 3.12. The highest BCUT2D eigenvalue weighted by molar-refractivity contribution is 7.98. The third-order valence-corrected chi connectivity index (χ3v) is 3.45. The molecule has 1 aliphatic heterocycles. The molecule has 2 aromatic rings. The number of rotatable bonds is 0. The molecule has 0 spiro atoms. The summed E-state index contributed by atoms with van der Waals surface area (Å²) in [5.41, 5.74) is 0.0144. The molecule has 1 aromatic carbocycles. The minimum absolute atomic E-state index is 0.0144. The number of hydrogen-bond acceptors (Lipinski definition) is 4. The van der Waals surface area contributed by atoms with Gasteiger partial charge in [-0.05, 0) is 30.5 Å². The number of fused-ring (bicyclic) bond motifs is 1. The Hall–Kier alpha value is -1.07. The largest absolute Gasteiger partial charge is 0.277 e. The van der Waals surface area contributed by atoms with Crippen LogP contribution < -0.4 is 5.56 Å². The van der Waals surface area contributed by atoms with Crippen molar-refractivity contribution in [1.82, 2.24) is 4.37 Å². The average molecular weight is 238 g/mol. The molecule has 0 amide bonds. The number of nitrogens with zero attached hydrogens (tertiary/aromatic N) is 1. The molecule has 15 heavy (non-hydrogen) atoms. The molecule has 0 saturated carbocycles. The number of H-pyrrole nitrogens is 1. The minimum atomic E-state index is 0.0144. The molecule has 1 aliphatic rings. The van der Waals surface area contributed by atoms with Crippen LogP contribution in [0.4, 0.5) is 0 Å². The lowest BCUT2D eigenvalue weighted by atomic mass is 10.3. The van der Waals surface area contributed by atoms with E-state index in [2.05, 4.69) is 8.77 Å². The molecular weight excluding hydrogens is 228 g/mol. The minimum Gasteiger partial charge on any atom is -0.277 e. The van der Waals surface area contributed by atoms with Crippen LogP contribution in [0.25, 0.3) is 10.1 Å². The Morgan fingerprint density at radius 2 is 2.20 bits per heavy atom. The molecule has 0 saturated heterocycles. The van der Waals surface area contributed by atoms with Crippen molar-refractivity contribution in [3.63, 3.8) is 0 Å². The lowest BCUT2D eigenvalue weighted by molar-refractivity contribution is 1.39. The van der Waals surface area contributed by atoms with E-state index in [9.17, 15) is 4.79 Å². The summed E-state index contributed by atoms with van der Waals surface area (Å²) in [7, 11) is 0. The van der Waals surface area contributed by atoms with Gasteiger partial charge in [0.25, 0.3) is 5.56 Å². The van der Waals surface area contributed by atoms with Crippen LogP contribution in [0.15, 0.2) is 33.5 Å². The van der Waals surface area contributed by atoms with Crippen molar-refractivity contribution in [3.05, 3.63) is 34.6 Å². The molecule has 0 atom stereocenters. The molecule has 0 aliphatic carbocycles. The normalized spacial score (nSPS) is 13.9. The van der Waals surface area contributed by atoms with Gasteiger partial charge in [0.2, 0.25) is 0 Å². The van der Waals surface area contributed by atoms with Crippen LogP contribution >= 0.6 is 23.5 Å². The molecule has 5 heteroatoms. The van der Waals surface area contributed by atoms with Gasteiger partial charge < -0.3 is 0 Å². The highest BCUT2D eigenvalue weighted by atomic mass is 32.2. The van der Waals surface area contributed by atoms with Gasteiger partial charge in [-0.2, -0.15) is 0 Å². The topological polar surface area (TPSA) is 45.2 Å². The van der Waals surface area contributed by atoms with Crippen LogP contribution in [-0.4, -0.2) is 16.3 Å². The fourth-order valence-corrected chi connectivity index (χ4v) is 2.42. The van der Waals surface area contributed by atoms with E-state index >= 15 is 0 Å². The molecule has 0 unspecified atom stereocenters. The van der Waals surface area contributed by atoms with Crippen molar-refractivity contribution < 1.29 is 0 Å². The van der Waals surface area contributed by atoms with E-state index in [0.717, 1.165) is 10.1 Å². The van der Waals surface area contributed by atoms with E-state index in [1.54, 1.807) is 11.9 Å². The second-order valence-corrected chi connectivity index (χ2v) is 4.66. The van der Waals surface area contributed by atoms with Crippen LogP contribution in [-0.2, 0) is 0 Å².